The number of anilines is 1. The molecule has 70 valence electrons. The van der Waals surface area contributed by atoms with Crippen molar-refractivity contribution in [2.45, 2.75) is 5.54 Å². The molecule has 0 aliphatic carbocycles. The van der Waals surface area contributed by atoms with Gasteiger partial charge in [0.25, 0.3) is 0 Å². The Labute approximate surface area is 86.4 Å². The first-order valence-corrected chi connectivity index (χ1v) is 5.58. The van der Waals surface area contributed by atoms with Crippen molar-refractivity contribution in [2.75, 3.05) is 11.1 Å². The van der Waals surface area contributed by atoms with E-state index >= 15 is 0 Å². The van der Waals surface area contributed by atoms with Gasteiger partial charge in [-0.3, -0.25) is 4.79 Å². The molecule has 1 aromatic carbocycles. The number of Topliss-reactive ketones (excluding diaryl/α,β-unsaturated/α-hetero) is 1. The van der Waals surface area contributed by atoms with Gasteiger partial charge in [-0.25, -0.2) is 0 Å². The lowest BCUT2D eigenvalue weighted by Crippen LogP contribution is -2.40. The fourth-order valence-corrected chi connectivity index (χ4v) is 2.93. The van der Waals surface area contributed by atoms with E-state index in [1.807, 2.05) is 35.7 Å². The topological polar surface area (TPSA) is 29.1 Å². The number of nitrogens with one attached hydrogen (secondary N) is 1. The minimum absolute atomic E-state index is 0.203. The van der Waals surface area contributed by atoms with Crippen molar-refractivity contribution in [3.05, 3.63) is 41.3 Å². The summed E-state index contributed by atoms with van der Waals surface area (Å²) in [7, 11) is 0. The van der Waals surface area contributed by atoms with Crippen LogP contribution in [0.5, 0.6) is 0 Å². The standard InChI is InChI=1S/C11H9NOS/c13-10-8-3-1-2-4-9(8)12-11(10)5-6-14-7-11/h1-6,12H,7H2. The zero-order valence-electron chi connectivity index (χ0n) is 7.49. The van der Waals surface area contributed by atoms with Crippen LogP contribution in [0.25, 0.3) is 0 Å². The lowest BCUT2D eigenvalue weighted by atomic mass is 9.96. The Kier molecular flexibility index (Phi) is 1.53. The molecule has 1 N–H and O–H groups in total. The summed E-state index contributed by atoms with van der Waals surface area (Å²) in [5.41, 5.74) is 1.33. The van der Waals surface area contributed by atoms with Crippen LogP contribution in [0, 0.1) is 0 Å². The number of para-hydroxylation sites is 1. The van der Waals surface area contributed by atoms with Crippen molar-refractivity contribution in [2.24, 2.45) is 0 Å². The van der Waals surface area contributed by atoms with E-state index in [1.165, 1.54) is 0 Å². The van der Waals surface area contributed by atoms with Crippen molar-refractivity contribution in [3.63, 3.8) is 0 Å². The van der Waals surface area contributed by atoms with Crippen LogP contribution >= 0.6 is 11.8 Å². The number of hydrogen-bond acceptors (Lipinski definition) is 3. The Morgan fingerprint density at radius 3 is 2.93 bits per heavy atom. The van der Waals surface area contributed by atoms with Crippen LogP contribution in [-0.2, 0) is 0 Å². The van der Waals surface area contributed by atoms with E-state index in [4.69, 9.17) is 0 Å². The van der Waals surface area contributed by atoms with Gasteiger partial charge in [0.15, 0.2) is 5.78 Å². The fraction of sp³-hybridized carbons (Fsp3) is 0.182. The maximum absolute atomic E-state index is 12.1. The predicted octanol–water partition coefficient (Wildman–Crippen LogP) is 2.29. The molecule has 2 aliphatic rings. The van der Waals surface area contributed by atoms with Gasteiger partial charge in [0, 0.05) is 17.0 Å². The van der Waals surface area contributed by atoms with E-state index in [0.29, 0.717) is 0 Å². The number of hydrogen-bond donors (Lipinski definition) is 1. The third-order valence-electron chi connectivity index (χ3n) is 2.69. The maximum atomic E-state index is 12.1. The van der Waals surface area contributed by atoms with E-state index in [0.717, 1.165) is 17.0 Å². The molecule has 1 unspecified atom stereocenters. The lowest BCUT2D eigenvalue weighted by Gasteiger charge is -2.19. The quantitative estimate of drug-likeness (QED) is 0.701. The van der Waals surface area contributed by atoms with Crippen LogP contribution in [0.3, 0.4) is 0 Å². The first-order chi connectivity index (χ1) is 6.82. The van der Waals surface area contributed by atoms with Crippen molar-refractivity contribution < 1.29 is 4.79 Å². The highest BCUT2D eigenvalue weighted by atomic mass is 32.2. The third-order valence-corrected chi connectivity index (χ3v) is 3.64. The number of thioether (sulfide) groups is 1. The molecular weight excluding hydrogens is 194 g/mol. The predicted molar refractivity (Wildman–Crippen MR) is 58.7 cm³/mol. The minimum Gasteiger partial charge on any atom is -0.368 e. The molecule has 0 fully saturated rings. The molecule has 2 heterocycles. The Bertz CT molecular complexity index is 441. The first kappa shape index (κ1) is 8.12. The second-order valence-corrected chi connectivity index (χ2v) is 4.48. The van der Waals surface area contributed by atoms with Crippen LogP contribution in [0.15, 0.2) is 35.7 Å². The highest BCUT2D eigenvalue weighted by molar-refractivity contribution is 8.02. The smallest absolute Gasteiger partial charge is 0.195 e. The molecule has 2 aliphatic heterocycles. The summed E-state index contributed by atoms with van der Waals surface area (Å²) < 4.78 is 0. The highest BCUT2D eigenvalue weighted by Crippen LogP contribution is 2.38. The summed E-state index contributed by atoms with van der Waals surface area (Å²) in [6.07, 6.45) is 1.97. The molecule has 2 nitrogen and oxygen atoms in total. The van der Waals surface area contributed by atoms with Gasteiger partial charge in [-0.1, -0.05) is 12.1 Å². The molecule has 0 saturated carbocycles. The fourth-order valence-electron chi connectivity index (χ4n) is 1.94. The summed E-state index contributed by atoms with van der Waals surface area (Å²) >= 11 is 1.68. The van der Waals surface area contributed by atoms with Crippen molar-refractivity contribution in [1.29, 1.82) is 0 Å². The third kappa shape index (κ3) is 0.904. The van der Waals surface area contributed by atoms with Gasteiger partial charge >= 0.3 is 0 Å². The zero-order valence-corrected chi connectivity index (χ0v) is 8.30. The average molecular weight is 203 g/mol. The Morgan fingerprint density at radius 2 is 2.21 bits per heavy atom. The summed E-state index contributed by atoms with van der Waals surface area (Å²) in [6.45, 7) is 0. The normalized spacial score (nSPS) is 28.1. The van der Waals surface area contributed by atoms with Crippen LogP contribution in [-0.4, -0.2) is 17.1 Å². The van der Waals surface area contributed by atoms with Gasteiger partial charge in [-0.05, 0) is 23.6 Å². The minimum atomic E-state index is -0.450. The summed E-state index contributed by atoms with van der Waals surface area (Å²) in [5, 5.41) is 5.30. The summed E-state index contributed by atoms with van der Waals surface area (Å²) in [4.78, 5) is 12.1. The van der Waals surface area contributed by atoms with Crippen LogP contribution < -0.4 is 5.32 Å². The first-order valence-electron chi connectivity index (χ1n) is 4.53. The molecular formula is C11H9NOS. The van der Waals surface area contributed by atoms with Crippen molar-refractivity contribution in [1.82, 2.24) is 0 Å². The molecule has 0 bridgehead atoms. The van der Waals surface area contributed by atoms with Gasteiger partial charge in [-0.15, -0.1) is 11.8 Å². The number of benzene rings is 1. The molecule has 14 heavy (non-hydrogen) atoms. The second-order valence-electron chi connectivity index (χ2n) is 3.58. The van der Waals surface area contributed by atoms with E-state index in [-0.39, 0.29) is 5.78 Å². The number of rotatable bonds is 0. The van der Waals surface area contributed by atoms with Gasteiger partial charge in [0.1, 0.15) is 5.54 Å². The van der Waals surface area contributed by atoms with Crippen LogP contribution in [0.1, 0.15) is 10.4 Å². The van der Waals surface area contributed by atoms with Crippen molar-refractivity contribution >= 4 is 23.2 Å². The average Bonchev–Trinajstić information content (AvgIpc) is 2.77. The lowest BCUT2D eigenvalue weighted by molar-refractivity contribution is 0.0957. The molecule has 1 spiro atoms. The Hall–Kier alpha value is -1.22. The molecule has 0 aromatic heterocycles. The number of carbonyl (C=O) groups excluding carboxylic acids is 1. The molecule has 1 atom stereocenters. The number of fused-ring (bicyclic) bond motifs is 1. The molecule has 0 amide bonds. The zero-order chi connectivity index (χ0) is 9.60. The Balaban J connectivity index is 2.13. The molecule has 0 radical (unpaired) electrons. The van der Waals surface area contributed by atoms with E-state index in [1.54, 1.807) is 11.8 Å². The largest absolute Gasteiger partial charge is 0.368 e. The van der Waals surface area contributed by atoms with E-state index < -0.39 is 5.54 Å². The van der Waals surface area contributed by atoms with Crippen molar-refractivity contribution in [3.8, 4) is 0 Å². The maximum Gasteiger partial charge on any atom is 0.195 e. The van der Waals surface area contributed by atoms with Gasteiger partial charge in [0.2, 0.25) is 0 Å². The van der Waals surface area contributed by atoms with E-state index in [2.05, 4.69) is 5.32 Å². The monoisotopic (exact) mass is 203 g/mol. The van der Waals surface area contributed by atoms with Gasteiger partial charge in [0.05, 0.1) is 0 Å². The highest BCUT2D eigenvalue weighted by Gasteiger charge is 2.44. The van der Waals surface area contributed by atoms with E-state index in [9.17, 15) is 4.79 Å². The molecule has 3 heteroatoms. The summed E-state index contributed by atoms with van der Waals surface area (Å²) in [6, 6.07) is 7.70. The van der Waals surface area contributed by atoms with Crippen LogP contribution in [0.4, 0.5) is 5.69 Å². The summed E-state index contributed by atoms with van der Waals surface area (Å²) in [5.74, 6) is 1.01. The SMILES string of the molecule is O=C1c2ccccc2NC12C=CSC2. The van der Waals surface area contributed by atoms with Gasteiger partial charge in [-0.2, -0.15) is 0 Å². The molecule has 0 saturated heterocycles. The second kappa shape index (κ2) is 2.64. The van der Waals surface area contributed by atoms with Crippen LogP contribution in [0.2, 0.25) is 0 Å². The molecule has 3 rings (SSSR count). The molecule has 1 aromatic rings. The Morgan fingerprint density at radius 1 is 1.36 bits per heavy atom. The number of ketones is 1. The van der Waals surface area contributed by atoms with Gasteiger partial charge < -0.3 is 5.32 Å². The number of carbonyl (C=O) groups is 1.